The van der Waals surface area contributed by atoms with Crippen LogP contribution in [-0.2, 0) is 29.1 Å². The van der Waals surface area contributed by atoms with E-state index in [0.29, 0.717) is 13.4 Å². The van der Waals surface area contributed by atoms with E-state index in [1.807, 2.05) is 13.0 Å². The minimum Gasteiger partial charge on any atom is -0.494 e. The van der Waals surface area contributed by atoms with Gasteiger partial charge in [0.05, 0.1) is 6.61 Å². The third-order valence-corrected chi connectivity index (χ3v) is 6.25. The third-order valence-electron chi connectivity index (χ3n) is 6.25. The molecular weight excluding hydrogens is 498 g/mol. The fourth-order valence-corrected chi connectivity index (χ4v) is 4.38. The van der Waals surface area contributed by atoms with Gasteiger partial charge in [-0.05, 0) is 65.1 Å². The summed E-state index contributed by atoms with van der Waals surface area (Å²) in [6.07, 6.45) is 0.943. The van der Waals surface area contributed by atoms with Gasteiger partial charge in [-0.2, -0.15) is 0 Å². The van der Waals surface area contributed by atoms with Crippen LogP contribution in [0.3, 0.4) is 0 Å². The first-order valence-electron chi connectivity index (χ1n) is 12.7. The smallest absolute Gasteiger partial charge is 0.414 e. The maximum absolute atomic E-state index is 9.10. The number of carboxylic acid groups (broad SMARTS) is 2. The number of hydrogen-bond donors (Lipinski definition) is 2. The van der Waals surface area contributed by atoms with Crippen molar-refractivity contribution in [3.8, 4) is 17.2 Å². The summed E-state index contributed by atoms with van der Waals surface area (Å²) < 4.78 is 16.6. The quantitative estimate of drug-likeness (QED) is 0.279. The zero-order valence-corrected chi connectivity index (χ0v) is 21.7. The second kappa shape index (κ2) is 13.3. The van der Waals surface area contributed by atoms with Crippen molar-refractivity contribution >= 4 is 22.7 Å². The van der Waals surface area contributed by atoms with Crippen LogP contribution in [0.25, 0.3) is 10.8 Å². The largest absolute Gasteiger partial charge is 0.494 e. The van der Waals surface area contributed by atoms with E-state index >= 15 is 0 Å². The minimum atomic E-state index is -1.82. The van der Waals surface area contributed by atoms with Gasteiger partial charge in [0.25, 0.3) is 0 Å². The highest BCUT2D eigenvalue weighted by molar-refractivity contribution is 6.27. The molecule has 4 aromatic carbocycles. The summed E-state index contributed by atoms with van der Waals surface area (Å²) in [4.78, 5) is 20.7. The van der Waals surface area contributed by atoms with E-state index in [1.54, 1.807) is 0 Å². The van der Waals surface area contributed by atoms with E-state index in [2.05, 4.69) is 83.8 Å². The summed E-state index contributed by atoms with van der Waals surface area (Å²) in [6, 6.07) is 29.9. The van der Waals surface area contributed by atoms with Crippen LogP contribution in [0, 0.1) is 0 Å². The second-order valence-corrected chi connectivity index (χ2v) is 8.97. The fourth-order valence-electron chi connectivity index (χ4n) is 4.38. The molecular formula is C31H31NO7. The molecule has 8 nitrogen and oxygen atoms in total. The number of benzene rings is 4. The van der Waals surface area contributed by atoms with Crippen molar-refractivity contribution in [3.63, 3.8) is 0 Å². The Bertz CT molecular complexity index is 1400. The molecule has 4 aromatic rings. The standard InChI is InChI=1S/C29H29NO3.C2H2O4/c1-2-31-26-13-10-23(11-14-26)19-30(17-16-22-12-15-28-29(18-22)33-21-32-28)20-25-8-5-7-24-6-3-4-9-27(24)25;3-1(4)2(5)6/h3-15,18H,2,16-17,19-21H2,1H3;(H,3,4)(H,5,6). The number of ether oxygens (including phenoxy) is 3. The molecule has 1 aliphatic rings. The summed E-state index contributed by atoms with van der Waals surface area (Å²) >= 11 is 0. The van der Waals surface area contributed by atoms with Gasteiger partial charge in [-0.15, -0.1) is 0 Å². The van der Waals surface area contributed by atoms with E-state index < -0.39 is 11.9 Å². The summed E-state index contributed by atoms with van der Waals surface area (Å²) in [7, 11) is 0. The van der Waals surface area contributed by atoms with Crippen molar-refractivity contribution in [2.45, 2.75) is 26.4 Å². The highest BCUT2D eigenvalue weighted by atomic mass is 16.7. The van der Waals surface area contributed by atoms with Crippen molar-refractivity contribution in [1.29, 1.82) is 0 Å². The Morgan fingerprint density at radius 3 is 2.26 bits per heavy atom. The van der Waals surface area contributed by atoms with Gasteiger partial charge in [-0.3, -0.25) is 4.90 Å². The van der Waals surface area contributed by atoms with Crippen molar-refractivity contribution in [3.05, 3.63) is 102 Å². The highest BCUT2D eigenvalue weighted by Gasteiger charge is 2.15. The lowest BCUT2D eigenvalue weighted by Gasteiger charge is -2.24. The summed E-state index contributed by atoms with van der Waals surface area (Å²) in [5.41, 5.74) is 3.89. The maximum Gasteiger partial charge on any atom is 0.414 e. The van der Waals surface area contributed by atoms with E-state index in [1.165, 1.54) is 27.5 Å². The average molecular weight is 530 g/mol. The van der Waals surface area contributed by atoms with Crippen LogP contribution in [0.5, 0.6) is 17.2 Å². The SMILES string of the molecule is CCOc1ccc(CN(CCc2ccc3c(c2)OCO3)Cc2cccc3ccccc23)cc1.O=C(O)C(=O)O. The molecule has 0 aliphatic carbocycles. The number of carbonyl (C=O) groups is 2. The molecule has 202 valence electrons. The molecule has 0 atom stereocenters. The molecule has 5 rings (SSSR count). The van der Waals surface area contributed by atoms with Crippen LogP contribution in [-0.4, -0.2) is 47.0 Å². The molecule has 1 aliphatic heterocycles. The van der Waals surface area contributed by atoms with Gasteiger partial charge >= 0.3 is 11.9 Å². The molecule has 0 unspecified atom stereocenters. The lowest BCUT2D eigenvalue weighted by molar-refractivity contribution is -0.159. The van der Waals surface area contributed by atoms with Crippen molar-refractivity contribution in [2.24, 2.45) is 0 Å². The Balaban J connectivity index is 0.000000531. The highest BCUT2D eigenvalue weighted by Crippen LogP contribution is 2.32. The Morgan fingerprint density at radius 2 is 1.51 bits per heavy atom. The molecule has 0 amide bonds. The normalized spacial score (nSPS) is 11.6. The maximum atomic E-state index is 9.10. The van der Waals surface area contributed by atoms with E-state index in [0.717, 1.165) is 43.3 Å². The van der Waals surface area contributed by atoms with Crippen LogP contribution in [0.1, 0.15) is 23.6 Å². The predicted octanol–water partition coefficient (Wildman–Crippen LogP) is 5.37. The zero-order valence-electron chi connectivity index (χ0n) is 21.7. The average Bonchev–Trinajstić information content (AvgIpc) is 3.41. The predicted molar refractivity (Wildman–Crippen MR) is 147 cm³/mol. The molecule has 0 spiro atoms. The van der Waals surface area contributed by atoms with E-state index in [9.17, 15) is 0 Å². The molecule has 2 N–H and O–H groups in total. The fraction of sp³-hybridized carbons (Fsp3) is 0.226. The van der Waals surface area contributed by atoms with Gasteiger partial charge in [-0.25, -0.2) is 9.59 Å². The molecule has 0 bridgehead atoms. The molecule has 0 saturated heterocycles. The topological polar surface area (TPSA) is 106 Å². The molecule has 39 heavy (non-hydrogen) atoms. The van der Waals surface area contributed by atoms with Crippen molar-refractivity contribution in [1.82, 2.24) is 4.90 Å². The van der Waals surface area contributed by atoms with Gasteiger partial charge in [0.15, 0.2) is 11.5 Å². The van der Waals surface area contributed by atoms with Gasteiger partial charge in [-0.1, -0.05) is 60.7 Å². The number of carboxylic acids is 2. The number of fused-ring (bicyclic) bond motifs is 2. The van der Waals surface area contributed by atoms with Crippen LogP contribution < -0.4 is 14.2 Å². The number of aliphatic carboxylic acids is 2. The molecule has 0 fully saturated rings. The van der Waals surface area contributed by atoms with Crippen LogP contribution in [0.15, 0.2) is 84.9 Å². The molecule has 0 radical (unpaired) electrons. The van der Waals surface area contributed by atoms with Gasteiger partial charge in [0.1, 0.15) is 5.75 Å². The van der Waals surface area contributed by atoms with E-state index in [-0.39, 0.29) is 0 Å². The van der Waals surface area contributed by atoms with Gasteiger partial charge < -0.3 is 24.4 Å². The Labute approximate surface area is 227 Å². The first kappa shape index (κ1) is 27.5. The lowest BCUT2D eigenvalue weighted by Crippen LogP contribution is -2.25. The lowest BCUT2D eigenvalue weighted by atomic mass is 10.0. The Hall–Kier alpha value is -4.56. The number of hydrogen-bond acceptors (Lipinski definition) is 6. The van der Waals surface area contributed by atoms with Crippen LogP contribution in [0.4, 0.5) is 0 Å². The van der Waals surface area contributed by atoms with E-state index in [4.69, 9.17) is 34.0 Å². The molecule has 8 heteroatoms. The summed E-state index contributed by atoms with van der Waals surface area (Å²) in [5, 5.41) is 17.4. The van der Waals surface area contributed by atoms with Crippen LogP contribution >= 0.6 is 0 Å². The first-order chi connectivity index (χ1) is 18.9. The van der Waals surface area contributed by atoms with Crippen molar-refractivity contribution in [2.75, 3.05) is 19.9 Å². The first-order valence-corrected chi connectivity index (χ1v) is 12.7. The number of rotatable bonds is 9. The van der Waals surface area contributed by atoms with Crippen LogP contribution in [0.2, 0.25) is 0 Å². The molecule has 0 aromatic heterocycles. The van der Waals surface area contributed by atoms with Crippen molar-refractivity contribution < 1.29 is 34.0 Å². The number of nitrogens with zero attached hydrogens (tertiary/aromatic N) is 1. The minimum absolute atomic E-state index is 0.309. The summed E-state index contributed by atoms with van der Waals surface area (Å²) in [6.45, 7) is 5.71. The van der Waals surface area contributed by atoms with Gasteiger partial charge in [0, 0.05) is 19.6 Å². The second-order valence-electron chi connectivity index (χ2n) is 8.97. The monoisotopic (exact) mass is 529 g/mol. The Morgan fingerprint density at radius 1 is 0.821 bits per heavy atom. The molecule has 0 saturated carbocycles. The molecule has 1 heterocycles. The summed E-state index contributed by atoms with van der Waals surface area (Å²) in [5.74, 6) is -1.05. The third kappa shape index (κ3) is 7.72. The zero-order chi connectivity index (χ0) is 27.6. The Kier molecular flexibility index (Phi) is 9.37. The van der Waals surface area contributed by atoms with Gasteiger partial charge in [0.2, 0.25) is 6.79 Å².